The van der Waals surface area contributed by atoms with Gasteiger partial charge in [-0.1, -0.05) is 0 Å². The Labute approximate surface area is 84.2 Å². The molecule has 0 aromatic carbocycles. The van der Waals surface area contributed by atoms with Crippen LogP contribution in [0.25, 0.3) is 0 Å². The van der Waals surface area contributed by atoms with Gasteiger partial charge >= 0.3 is 0 Å². The van der Waals surface area contributed by atoms with E-state index in [1.807, 2.05) is 12.1 Å². The average molecular weight is 196 g/mol. The van der Waals surface area contributed by atoms with Crippen LogP contribution in [0.15, 0.2) is 10.2 Å². The molecule has 0 radical (unpaired) electrons. The lowest BCUT2D eigenvalue weighted by atomic mass is 10.1. The highest BCUT2D eigenvalue weighted by molar-refractivity contribution is 5.03. The maximum absolute atomic E-state index is 8.58. The van der Waals surface area contributed by atoms with E-state index in [4.69, 9.17) is 10.5 Å². The number of hydrogen-bond donors (Lipinski definition) is 2. The average Bonchev–Trinajstić information content (AvgIpc) is 2.19. The van der Waals surface area contributed by atoms with Crippen LogP contribution in [-0.4, -0.2) is 11.1 Å². The second-order valence-electron chi connectivity index (χ2n) is 3.54. The van der Waals surface area contributed by atoms with E-state index in [1.165, 1.54) is 0 Å². The van der Waals surface area contributed by atoms with Gasteiger partial charge in [-0.05, 0) is 27.7 Å². The van der Waals surface area contributed by atoms with Crippen LogP contribution in [0.2, 0.25) is 0 Å². The summed E-state index contributed by atoms with van der Waals surface area (Å²) in [5, 5.41) is 24.7. The highest BCUT2D eigenvalue weighted by Crippen LogP contribution is 2.13. The van der Waals surface area contributed by atoms with Gasteiger partial charge in [0.25, 0.3) is 0 Å². The lowest BCUT2D eigenvalue weighted by Gasteiger charge is -2.11. The molecule has 0 amide bonds. The molecule has 6 nitrogen and oxygen atoms in total. The number of nitrogens with two attached hydrogens (primary N) is 2. The fourth-order valence-electron chi connectivity index (χ4n) is 0.295. The Morgan fingerprint density at radius 3 is 1.21 bits per heavy atom. The fourth-order valence-corrected chi connectivity index (χ4v) is 0.295. The van der Waals surface area contributed by atoms with Crippen molar-refractivity contribution in [3.63, 3.8) is 0 Å². The molecule has 6 heteroatoms. The number of hydrogen-bond acceptors (Lipinski definition) is 6. The third kappa shape index (κ3) is 7.17. The Kier molecular flexibility index (Phi) is 6.46. The van der Waals surface area contributed by atoms with Gasteiger partial charge in [-0.25, -0.2) is 0 Å². The van der Waals surface area contributed by atoms with Crippen molar-refractivity contribution in [1.82, 2.24) is 0 Å². The minimum Gasteiger partial charge on any atom is -0.274 e. The molecule has 0 aromatic heterocycles. The predicted molar refractivity (Wildman–Crippen MR) is 52.6 cm³/mol. The fraction of sp³-hybridized carbons (Fsp3) is 0.750. The largest absolute Gasteiger partial charge is 0.274 e. The van der Waals surface area contributed by atoms with Crippen LogP contribution in [0.3, 0.4) is 0 Å². The van der Waals surface area contributed by atoms with E-state index in [0.29, 0.717) is 0 Å². The Balaban J connectivity index is 0. The molecule has 4 N–H and O–H groups in total. The molecule has 0 aliphatic carbocycles. The van der Waals surface area contributed by atoms with Crippen LogP contribution in [0, 0.1) is 22.7 Å². The van der Waals surface area contributed by atoms with Crippen molar-refractivity contribution in [2.24, 2.45) is 21.9 Å². The van der Waals surface area contributed by atoms with Crippen molar-refractivity contribution in [1.29, 1.82) is 10.5 Å². The molecule has 0 fully saturated rings. The highest BCUT2D eigenvalue weighted by atomic mass is 15.2. The summed E-state index contributed by atoms with van der Waals surface area (Å²) in [6, 6.07) is 3.94. The summed E-state index contributed by atoms with van der Waals surface area (Å²) in [6.45, 7) is 6.57. The summed E-state index contributed by atoms with van der Waals surface area (Å²) in [5.74, 6) is 8.00. The number of rotatable bonds is 2. The van der Waals surface area contributed by atoms with Gasteiger partial charge < -0.3 is 0 Å². The van der Waals surface area contributed by atoms with Gasteiger partial charge in [0.1, 0.15) is 0 Å². The van der Waals surface area contributed by atoms with Crippen LogP contribution in [0.4, 0.5) is 0 Å². The molecule has 0 rings (SSSR count). The zero-order valence-corrected chi connectivity index (χ0v) is 8.94. The minimum atomic E-state index is -0.839. The number of azo groups is 1. The SMILES string of the molecule is CC(C)(C#N)N=NC(C)(C)C#N.NN. The van der Waals surface area contributed by atoms with Crippen LogP contribution in [0.1, 0.15) is 27.7 Å². The summed E-state index contributed by atoms with van der Waals surface area (Å²) < 4.78 is 0. The predicted octanol–water partition coefficient (Wildman–Crippen LogP) is 0.862. The Morgan fingerprint density at radius 2 is 1.07 bits per heavy atom. The van der Waals surface area contributed by atoms with E-state index < -0.39 is 11.1 Å². The third-order valence-electron chi connectivity index (χ3n) is 1.10. The molecular weight excluding hydrogens is 180 g/mol. The molecule has 0 heterocycles. The van der Waals surface area contributed by atoms with Gasteiger partial charge in [-0.15, -0.1) is 0 Å². The van der Waals surface area contributed by atoms with Gasteiger partial charge in [0.2, 0.25) is 0 Å². The summed E-state index contributed by atoms with van der Waals surface area (Å²) in [7, 11) is 0. The Bertz CT molecular complexity index is 237. The van der Waals surface area contributed by atoms with Gasteiger partial charge in [-0.2, -0.15) is 20.8 Å². The second kappa shape index (κ2) is 6.03. The summed E-state index contributed by atoms with van der Waals surface area (Å²) >= 11 is 0. The molecule has 0 bridgehead atoms. The van der Waals surface area contributed by atoms with E-state index in [1.54, 1.807) is 27.7 Å². The molecule has 0 aliphatic rings. The van der Waals surface area contributed by atoms with E-state index in [0.717, 1.165) is 0 Å². The first-order valence-electron chi connectivity index (χ1n) is 3.93. The van der Waals surface area contributed by atoms with Gasteiger partial charge in [0.05, 0.1) is 12.1 Å². The highest BCUT2D eigenvalue weighted by Gasteiger charge is 2.19. The number of hydrazine groups is 1. The molecule has 0 atom stereocenters. The number of nitrogens with zero attached hydrogens (tertiary/aromatic N) is 4. The zero-order chi connectivity index (χ0) is 11.8. The molecule has 0 saturated carbocycles. The molecule has 78 valence electrons. The third-order valence-corrected chi connectivity index (χ3v) is 1.10. The first kappa shape index (κ1) is 15.0. The molecule has 0 aliphatic heterocycles. The maximum Gasteiger partial charge on any atom is 0.162 e. The molecule has 14 heavy (non-hydrogen) atoms. The van der Waals surface area contributed by atoms with Crippen molar-refractivity contribution < 1.29 is 0 Å². The van der Waals surface area contributed by atoms with Crippen LogP contribution < -0.4 is 11.7 Å². The smallest absolute Gasteiger partial charge is 0.162 e. The molecule has 0 unspecified atom stereocenters. The van der Waals surface area contributed by atoms with Crippen molar-refractivity contribution in [3.8, 4) is 12.1 Å². The van der Waals surface area contributed by atoms with E-state index in [-0.39, 0.29) is 0 Å². The normalized spacial score (nSPS) is 11.1. The van der Waals surface area contributed by atoms with Crippen LogP contribution in [0.5, 0.6) is 0 Å². The Hall–Kier alpha value is -1.50. The topological polar surface area (TPSA) is 124 Å². The van der Waals surface area contributed by atoms with E-state index in [9.17, 15) is 0 Å². The van der Waals surface area contributed by atoms with E-state index >= 15 is 0 Å². The molecule has 0 aromatic rings. The van der Waals surface area contributed by atoms with Gasteiger partial charge in [0, 0.05) is 0 Å². The standard InChI is InChI=1S/C8H12N4.H4N2/c1-7(2,5-9)11-12-8(3,4)6-10;1-2/h1-4H3;1-2H2. The lowest BCUT2D eigenvalue weighted by molar-refractivity contribution is 0.541. The van der Waals surface area contributed by atoms with Gasteiger partial charge in [0.15, 0.2) is 11.1 Å². The van der Waals surface area contributed by atoms with Crippen molar-refractivity contribution >= 4 is 0 Å². The van der Waals surface area contributed by atoms with Crippen LogP contribution >= 0.6 is 0 Å². The first-order chi connectivity index (χ1) is 6.33. The summed E-state index contributed by atoms with van der Waals surface area (Å²) in [4.78, 5) is 0. The zero-order valence-electron chi connectivity index (χ0n) is 8.94. The van der Waals surface area contributed by atoms with E-state index in [2.05, 4.69) is 21.9 Å². The summed E-state index contributed by atoms with van der Waals surface area (Å²) in [5.41, 5.74) is -1.68. The van der Waals surface area contributed by atoms with Gasteiger partial charge in [-0.3, -0.25) is 11.7 Å². The second-order valence-corrected chi connectivity index (χ2v) is 3.54. The molecule has 0 spiro atoms. The molecule has 0 saturated heterocycles. The summed E-state index contributed by atoms with van der Waals surface area (Å²) in [6.07, 6.45) is 0. The van der Waals surface area contributed by atoms with Crippen LogP contribution in [-0.2, 0) is 0 Å². The molecular formula is C8H16N6. The number of nitriles is 2. The minimum absolute atomic E-state index is 0.839. The van der Waals surface area contributed by atoms with Crippen molar-refractivity contribution in [3.05, 3.63) is 0 Å². The lowest BCUT2D eigenvalue weighted by Crippen LogP contribution is -2.17. The van der Waals surface area contributed by atoms with Crippen molar-refractivity contribution in [2.75, 3.05) is 0 Å². The monoisotopic (exact) mass is 196 g/mol. The Morgan fingerprint density at radius 1 is 0.857 bits per heavy atom. The first-order valence-corrected chi connectivity index (χ1v) is 3.93. The quantitative estimate of drug-likeness (QED) is 0.386. The van der Waals surface area contributed by atoms with Crippen molar-refractivity contribution in [2.45, 2.75) is 38.8 Å². The maximum atomic E-state index is 8.58.